The lowest BCUT2D eigenvalue weighted by Gasteiger charge is -2.14. The number of nitro groups is 1. The molecule has 0 aromatic heterocycles. The summed E-state index contributed by atoms with van der Waals surface area (Å²) < 4.78 is 5.44. The second kappa shape index (κ2) is 5.13. The number of ether oxygens (including phenoxy) is 1. The SMILES string of the molecule is O=C1NC(=O)c2c1cc([N+](=O)[O-])cc2C1CC(O)C(CO)O1. The van der Waals surface area contributed by atoms with Crippen LogP contribution in [0.15, 0.2) is 12.1 Å². The number of amides is 2. The van der Waals surface area contributed by atoms with Crippen LogP contribution in [0.5, 0.6) is 0 Å². The fourth-order valence-corrected chi connectivity index (χ4v) is 2.77. The molecule has 0 saturated carbocycles. The van der Waals surface area contributed by atoms with Crippen molar-refractivity contribution in [2.24, 2.45) is 0 Å². The minimum atomic E-state index is -0.954. The zero-order valence-corrected chi connectivity index (χ0v) is 11.2. The molecule has 0 bridgehead atoms. The van der Waals surface area contributed by atoms with Crippen LogP contribution in [0.4, 0.5) is 5.69 Å². The van der Waals surface area contributed by atoms with Gasteiger partial charge in [0, 0.05) is 24.1 Å². The van der Waals surface area contributed by atoms with Gasteiger partial charge >= 0.3 is 0 Å². The van der Waals surface area contributed by atoms with Crippen LogP contribution in [0.1, 0.15) is 38.8 Å². The third-order valence-corrected chi connectivity index (χ3v) is 3.81. The Morgan fingerprint density at radius 2 is 2.09 bits per heavy atom. The predicted molar refractivity (Wildman–Crippen MR) is 70.2 cm³/mol. The van der Waals surface area contributed by atoms with Crippen molar-refractivity contribution >= 4 is 17.5 Å². The maximum atomic E-state index is 11.9. The highest BCUT2D eigenvalue weighted by Gasteiger charge is 2.40. The number of carbonyl (C=O) groups is 2. The third kappa shape index (κ3) is 2.15. The molecule has 2 aliphatic rings. The molecule has 3 atom stereocenters. The number of benzene rings is 1. The van der Waals surface area contributed by atoms with Crippen LogP contribution >= 0.6 is 0 Å². The van der Waals surface area contributed by atoms with E-state index in [1.165, 1.54) is 0 Å². The van der Waals surface area contributed by atoms with Crippen molar-refractivity contribution in [1.29, 1.82) is 0 Å². The molecule has 0 aliphatic carbocycles. The molecule has 1 saturated heterocycles. The number of imide groups is 1. The molecule has 22 heavy (non-hydrogen) atoms. The van der Waals surface area contributed by atoms with Gasteiger partial charge in [-0.15, -0.1) is 0 Å². The highest BCUT2D eigenvalue weighted by Crippen LogP contribution is 2.38. The average molecular weight is 308 g/mol. The number of fused-ring (bicyclic) bond motifs is 1. The first-order valence-corrected chi connectivity index (χ1v) is 6.54. The van der Waals surface area contributed by atoms with Crippen molar-refractivity contribution < 1.29 is 29.5 Å². The van der Waals surface area contributed by atoms with E-state index in [1.807, 2.05) is 0 Å². The first-order chi connectivity index (χ1) is 10.4. The number of hydrogen-bond donors (Lipinski definition) is 3. The van der Waals surface area contributed by atoms with Gasteiger partial charge in [0.2, 0.25) is 0 Å². The molecule has 0 spiro atoms. The zero-order valence-electron chi connectivity index (χ0n) is 11.2. The van der Waals surface area contributed by atoms with E-state index in [9.17, 15) is 24.8 Å². The molecule has 2 aliphatic heterocycles. The number of hydrogen-bond acceptors (Lipinski definition) is 7. The number of nitrogens with one attached hydrogen (secondary N) is 1. The highest BCUT2D eigenvalue weighted by atomic mass is 16.6. The number of carbonyl (C=O) groups excluding carboxylic acids is 2. The normalized spacial score (nSPS) is 26.9. The van der Waals surface area contributed by atoms with Crippen LogP contribution in [0, 0.1) is 10.1 Å². The van der Waals surface area contributed by atoms with E-state index in [0.717, 1.165) is 12.1 Å². The average Bonchev–Trinajstić information content (AvgIpc) is 2.99. The third-order valence-electron chi connectivity index (χ3n) is 3.81. The van der Waals surface area contributed by atoms with Crippen molar-refractivity contribution in [2.45, 2.75) is 24.7 Å². The van der Waals surface area contributed by atoms with Crippen molar-refractivity contribution in [2.75, 3.05) is 6.61 Å². The number of non-ortho nitro benzene ring substituents is 1. The maximum Gasteiger partial charge on any atom is 0.270 e. The Morgan fingerprint density at radius 1 is 1.36 bits per heavy atom. The molecule has 3 rings (SSSR count). The van der Waals surface area contributed by atoms with Crippen molar-refractivity contribution in [3.05, 3.63) is 38.9 Å². The minimum absolute atomic E-state index is 0.0198. The lowest BCUT2D eigenvalue weighted by atomic mass is 9.95. The summed E-state index contributed by atoms with van der Waals surface area (Å²) in [5.41, 5.74) is -0.238. The maximum absolute atomic E-state index is 11.9. The second-order valence-electron chi connectivity index (χ2n) is 5.15. The molecule has 3 unspecified atom stereocenters. The van der Waals surface area contributed by atoms with Gasteiger partial charge in [-0.25, -0.2) is 0 Å². The Bertz CT molecular complexity index is 687. The first kappa shape index (κ1) is 14.6. The summed E-state index contributed by atoms with van der Waals surface area (Å²) in [7, 11) is 0. The predicted octanol–water partition coefficient (Wildman–Crippen LogP) is -0.338. The lowest BCUT2D eigenvalue weighted by molar-refractivity contribution is -0.385. The molecule has 1 aromatic rings. The minimum Gasteiger partial charge on any atom is -0.394 e. The van der Waals surface area contributed by atoms with E-state index in [0.29, 0.717) is 0 Å². The Labute approximate surface area is 123 Å². The van der Waals surface area contributed by atoms with Crippen LogP contribution in [0.3, 0.4) is 0 Å². The van der Waals surface area contributed by atoms with E-state index in [1.54, 1.807) is 0 Å². The van der Waals surface area contributed by atoms with Crippen LogP contribution in [0.2, 0.25) is 0 Å². The molecule has 1 aromatic carbocycles. The summed E-state index contributed by atoms with van der Waals surface area (Å²) >= 11 is 0. The first-order valence-electron chi connectivity index (χ1n) is 6.54. The largest absolute Gasteiger partial charge is 0.394 e. The van der Waals surface area contributed by atoms with Gasteiger partial charge in [0.05, 0.1) is 34.9 Å². The number of nitro benzene ring substituents is 1. The van der Waals surface area contributed by atoms with Crippen LogP contribution < -0.4 is 5.32 Å². The lowest BCUT2D eigenvalue weighted by Crippen LogP contribution is -2.24. The van der Waals surface area contributed by atoms with Gasteiger partial charge in [0.1, 0.15) is 6.10 Å². The monoisotopic (exact) mass is 308 g/mol. The standard InChI is InChI=1S/C13H12N2O7/c16-4-10-8(17)3-9(22-10)6-1-5(15(20)21)2-7-11(6)13(19)14-12(7)18/h1-2,8-10,16-17H,3-4H2,(H,14,18,19). The van der Waals surface area contributed by atoms with E-state index in [2.05, 4.69) is 5.32 Å². The van der Waals surface area contributed by atoms with Gasteiger partial charge in [-0.3, -0.25) is 25.0 Å². The highest BCUT2D eigenvalue weighted by molar-refractivity contribution is 6.22. The van der Waals surface area contributed by atoms with E-state index in [-0.39, 0.29) is 28.8 Å². The molecule has 116 valence electrons. The molecular weight excluding hydrogens is 296 g/mol. The zero-order chi connectivity index (χ0) is 16.0. The van der Waals surface area contributed by atoms with Crippen molar-refractivity contribution in [3.63, 3.8) is 0 Å². The van der Waals surface area contributed by atoms with Gasteiger partial charge in [0.25, 0.3) is 17.5 Å². The summed E-state index contributed by atoms with van der Waals surface area (Å²) in [4.78, 5) is 33.9. The quantitative estimate of drug-likeness (QED) is 0.394. The molecule has 3 N–H and O–H groups in total. The number of aliphatic hydroxyl groups excluding tert-OH is 2. The summed E-state index contributed by atoms with van der Waals surface area (Å²) in [5, 5.41) is 32.0. The topological polar surface area (TPSA) is 139 Å². The smallest absolute Gasteiger partial charge is 0.270 e. The second-order valence-corrected chi connectivity index (χ2v) is 5.15. The number of rotatable bonds is 3. The number of aliphatic hydroxyl groups is 2. The van der Waals surface area contributed by atoms with E-state index in [4.69, 9.17) is 9.84 Å². The number of nitrogens with zero attached hydrogens (tertiary/aromatic N) is 1. The molecule has 0 radical (unpaired) electrons. The molecule has 1 fully saturated rings. The molecular formula is C13H12N2O7. The van der Waals surface area contributed by atoms with E-state index >= 15 is 0 Å². The molecule has 9 heteroatoms. The van der Waals surface area contributed by atoms with Gasteiger partial charge in [-0.1, -0.05) is 0 Å². The van der Waals surface area contributed by atoms with Crippen LogP contribution in [-0.2, 0) is 4.74 Å². The van der Waals surface area contributed by atoms with Gasteiger partial charge in [-0.05, 0) is 0 Å². The molecule has 2 amide bonds. The summed E-state index contributed by atoms with van der Waals surface area (Å²) in [6.07, 6.45) is -2.53. The van der Waals surface area contributed by atoms with Crippen LogP contribution in [0.25, 0.3) is 0 Å². The Balaban J connectivity index is 2.11. The fourth-order valence-electron chi connectivity index (χ4n) is 2.77. The molecule has 2 heterocycles. The summed E-state index contributed by atoms with van der Waals surface area (Å²) in [5.74, 6) is -1.36. The summed E-state index contributed by atoms with van der Waals surface area (Å²) in [6, 6.07) is 2.20. The van der Waals surface area contributed by atoms with Crippen LogP contribution in [-0.4, -0.2) is 45.8 Å². The molecule has 9 nitrogen and oxygen atoms in total. The Morgan fingerprint density at radius 3 is 2.68 bits per heavy atom. The summed E-state index contributed by atoms with van der Waals surface area (Å²) in [6.45, 7) is -0.417. The van der Waals surface area contributed by atoms with Crippen molar-refractivity contribution in [1.82, 2.24) is 5.32 Å². The van der Waals surface area contributed by atoms with Gasteiger partial charge in [0.15, 0.2) is 0 Å². The van der Waals surface area contributed by atoms with Crippen molar-refractivity contribution in [3.8, 4) is 0 Å². The van der Waals surface area contributed by atoms with E-state index < -0.39 is 41.7 Å². The Kier molecular flexibility index (Phi) is 3.39. The Hall–Kier alpha value is -2.36. The fraction of sp³-hybridized carbons (Fsp3) is 0.385. The van der Waals surface area contributed by atoms with Gasteiger partial charge < -0.3 is 14.9 Å². The van der Waals surface area contributed by atoms with Gasteiger partial charge in [-0.2, -0.15) is 0 Å².